The molecule has 2 aromatic rings. The molecule has 26 heavy (non-hydrogen) atoms. The number of aromatic amines is 1. The van der Waals surface area contributed by atoms with Gasteiger partial charge in [0, 0.05) is 24.5 Å². The summed E-state index contributed by atoms with van der Waals surface area (Å²) < 4.78 is 5.61. The fraction of sp³-hybridized carbons (Fsp3) is 0.400. The zero-order chi connectivity index (χ0) is 18.3. The van der Waals surface area contributed by atoms with Crippen molar-refractivity contribution in [3.63, 3.8) is 0 Å². The molecule has 4 rings (SSSR count). The highest BCUT2D eigenvalue weighted by atomic mass is 16.5. The van der Waals surface area contributed by atoms with Crippen LogP contribution in [-0.4, -0.2) is 23.3 Å². The van der Waals surface area contributed by atoms with Crippen molar-refractivity contribution in [3.05, 3.63) is 52.5 Å². The van der Waals surface area contributed by atoms with Crippen LogP contribution >= 0.6 is 0 Å². The Hall–Kier alpha value is -2.94. The number of hydrogen-bond donors (Lipinski definition) is 2. The smallest absolute Gasteiger partial charge is 0.244 e. The molecular formula is C20H23N5O. The average Bonchev–Trinajstić information content (AvgIpc) is 3.30. The Bertz CT molecular complexity index is 882. The molecule has 0 unspecified atom stereocenters. The lowest BCUT2D eigenvalue weighted by Crippen LogP contribution is -2.22. The van der Waals surface area contributed by atoms with E-state index in [9.17, 15) is 5.26 Å². The molecule has 0 saturated carbocycles. The minimum absolute atomic E-state index is 0.135. The Morgan fingerprint density at radius 1 is 1.27 bits per heavy atom. The molecule has 2 aliphatic rings. The summed E-state index contributed by atoms with van der Waals surface area (Å²) in [6, 6.07) is 10.7. The Morgan fingerprint density at radius 3 is 2.58 bits per heavy atom. The number of H-pyrrole nitrogens is 1. The summed E-state index contributed by atoms with van der Waals surface area (Å²) in [6.45, 7) is 6.40. The molecule has 0 radical (unpaired) electrons. The molecule has 0 amide bonds. The van der Waals surface area contributed by atoms with E-state index in [1.807, 2.05) is 0 Å². The molecule has 3 N–H and O–H groups in total. The van der Waals surface area contributed by atoms with Gasteiger partial charge < -0.3 is 15.4 Å². The van der Waals surface area contributed by atoms with E-state index in [-0.39, 0.29) is 17.7 Å². The van der Waals surface area contributed by atoms with Crippen molar-refractivity contribution in [2.75, 3.05) is 18.0 Å². The Morgan fingerprint density at radius 2 is 1.96 bits per heavy atom. The number of benzene rings is 1. The highest BCUT2D eigenvalue weighted by Gasteiger charge is 2.35. The molecule has 6 heteroatoms. The molecule has 134 valence electrons. The highest BCUT2D eigenvalue weighted by molar-refractivity contribution is 5.58. The Labute approximate surface area is 153 Å². The zero-order valence-corrected chi connectivity index (χ0v) is 15.1. The van der Waals surface area contributed by atoms with Gasteiger partial charge in [-0.05, 0) is 36.5 Å². The average molecular weight is 349 g/mol. The van der Waals surface area contributed by atoms with Crippen molar-refractivity contribution in [1.82, 2.24) is 10.2 Å². The predicted octanol–water partition coefficient (Wildman–Crippen LogP) is 3.35. The van der Waals surface area contributed by atoms with Gasteiger partial charge in [0.2, 0.25) is 11.8 Å². The Balaban J connectivity index is 1.79. The number of nitrogens with zero attached hydrogens (tertiary/aromatic N) is 3. The van der Waals surface area contributed by atoms with E-state index in [0.29, 0.717) is 11.5 Å². The first-order valence-electron chi connectivity index (χ1n) is 9.10. The largest absolute Gasteiger partial charge is 0.420 e. The van der Waals surface area contributed by atoms with Crippen molar-refractivity contribution in [1.29, 1.82) is 5.26 Å². The molecule has 2 aliphatic heterocycles. The number of allylic oxidation sites excluding steroid dienone is 1. The molecule has 1 aromatic carbocycles. The SMILES string of the molecule is CC(C)c1[nH]nc2c1[C@H](c1ccc(N3CCCC3)cc1)C(C#N)=C(N)O2. The molecule has 1 fully saturated rings. The second-order valence-corrected chi connectivity index (χ2v) is 7.22. The van der Waals surface area contributed by atoms with Crippen molar-refractivity contribution in [2.24, 2.45) is 5.73 Å². The van der Waals surface area contributed by atoms with Crippen LogP contribution in [0.2, 0.25) is 0 Å². The molecule has 1 aromatic heterocycles. The summed E-state index contributed by atoms with van der Waals surface area (Å²) in [5.74, 6) is 0.585. The number of nitrogens with one attached hydrogen (secondary N) is 1. The van der Waals surface area contributed by atoms with Gasteiger partial charge in [0.1, 0.15) is 11.6 Å². The Kier molecular flexibility index (Phi) is 4.08. The minimum Gasteiger partial charge on any atom is -0.420 e. The van der Waals surface area contributed by atoms with Crippen LogP contribution in [0.4, 0.5) is 5.69 Å². The van der Waals surface area contributed by atoms with Gasteiger partial charge in [-0.1, -0.05) is 26.0 Å². The van der Waals surface area contributed by atoms with Crippen molar-refractivity contribution in [2.45, 2.75) is 38.5 Å². The third kappa shape index (κ3) is 2.60. The third-order valence-electron chi connectivity index (χ3n) is 5.24. The summed E-state index contributed by atoms with van der Waals surface area (Å²) in [5, 5.41) is 17.0. The van der Waals surface area contributed by atoms with E-state index >= 15 is 0 Å². The van der Waals surface area contributed by atoms with Gasteiger partial charge in [-0.2, -0.15) is 5.26 Å². The molecule has 1 saturated heterocycles. The fourth-order valence-electron chi connectivity index (χ4n) is 3.90. The number of fused-ring (bicyclic) bond motifs is 1. The van der Waals surface area contributed by atoms with Gasteiger partial charge in [0.25, 0.3) is 0 Å². The van der Waals surface area contributed by atoms with Gasteiger partial charge >= 0.3 is 0 Å². The zero-order valence-electron chi connectivity index (χ0n) is 15.1. The maximum Gasteiger partial charge on any atom is 0.244 e. The first kappa shape index (κ1) is 16.5. The van der Waals surface area contributed by atoms with Crippen molar-refractivity contribution >= 4 is 5.69 Å². The van der Waals surface area contributed by atoms with E-state index in [1.165, 1.54) is 18.5 Å². The van der Waals surface area contributed by atoms with Crippen LogP contribution in [0, 0.1) is 11.3 Å². The first-order chi connectivity index (χ1) is 12.6. The molecule has 6 nitrogen and oxygen atoms in total. The van der Waals surface area contributed by atoms with E-state index in [4.69, 9.17) is 10.5 Å². The van der Waals surface area contributed by atoms with Gasteiger partial charge in [-0.15, -0.1) is 5.10 Å². The number of hydrogen-bond acceptors (Lipinski definition) is 5. The third-order valence-corrected chi connectivity index (χ3v) is 5.24. The van der Waals surface area contributed by atoms with Crippen molar-refractivity contribution < 1.29 is 4.74 Å². The number of rotatable bonds is 3. The maximum atomic E-state index is 9.71. The lowest BCUT2D eigenvalue weighted by molar-refractivity contribution is 0.378. The van der Waals surface area contributed by atoms with Gasteiger partial charge in [-0.3, -0.25) is 5.10 Å². The van der Waals surface area contributed by atoms with Crippen LogP contribution < -0.4 is 15.4 Å². The topological polar surface area (TPSA) is 91.0 Å². The molecule has 1 atom stereocenters. The highest BCUT2D eigenvalue weighted by Crippen LogP contribution is 2.44. The van der Waals surface area contributed by atoms with E-state index < -0.39 is 0 Å². The van der Waals surface area contributed by atoms with Crippen molar-refractivity contribution in [3.8, 4) is 11.9 Å². The van der Waals surface area contributed by atoms with Gasteiger partial charge in [0.05, 0.1) is 11.5 Å². The molecule has 0 spiro atoms. The normalized spacial score (nSPS) is 19.5. The standard InChI is InChI=1S/C20H23N5O/c1-12(2)18-17-16(15(11-21)19(22)26-20(17)24-23-18)13-5-7-14(8-6-13)25-9-3-4-10-25/h5-8,12,16H,3-4,9-10,22H2,1-2H3,(H,23,24)/t16-/m1/s1. The number of ether oxygens (including phenoxy) is 1. The van der Waals surface area contributed by atoms with Crippen LogP contribution in [0.5, 0.6) is 5.88 Å². The second kappa shape index (κ2) is 6.41. The maximum absolute atomic E-state index is 9.71. The molecule has 0 aliphatic carbocycles. The van der Waals surface area contributed by atoms with Crippen LogP contribution in [0.25, 0.3) is 0 Å². The molecule has 0 bridgehead atoms. The number of nitriles is 1. The number of nitrogens with two attached hydrogens (primary N) is 1. The van der Waals surface area contributed by atoms with Gasteiger partial charge in [0.15, 0.2) is 0 Å². The predicted molar refractivity (Wildman–Crippen MR) is 99.9 cm³/mol. The van der Waals surface area contributed by atoms with Crippen LogP contribution in [0.1, 0.15) is 55.3 Å². The van der Waals surface area contributed by atoms with Crippen LogP contribution in [0.15, 0.2) is 35.7 Å². The van der Waals surface area contributed by atoms with E-state index in [0.717, 1.165) is 29.9 Å². The van der Waals surface area contributed by atoms with Gasteiger partial charge in [-0.25, -0.2) is 0 Å². The molecular weight excluding hydrogens is 326 g/mol. The van der Waals surface area contributed by atoms with E-state index in [1.54, 1.807) is 0 Å². The lowest BCUT2D eigenvalue weighted by Gasteiger charge is -2.25. The summed E-state index contributed by atoms with van der Waals surface area (Å²) >= 11 is 0. The second-order valence-electron chi connectivity index (χ2n) is 7.22. The monoisotopic (exact) mass is 349 g/mol. The molecule has 3 heterocycles. The number of aromatic nitrogens is 2. The lowest BCUT2D eigenvalue weighted by atomic mass is 9.82. The number of anilines is 1. The minimum atomic E-state index is -0.257. The summed E-state index contributed by atoms with van der Waals surface area (Å²) in [5.41, 5.74) is 10.6. The van der Waals surface area contributed by atoms with Crippen LogP contribution in [0.3, 0.4) is 0 Å². The first-order valence-corrected chi connectivity index (χ1v) is 9.10. The quantitative estimate of drug-likeness (QED) is 0.887. The summed E-state index contributed by atoms with van der Waals surface area (Å²) in [6.07, 6.45) is 2.49. The van der Waals surface area contributed by atoms with E-state index in [2.05, 4.69) is 59.3 Å². The summed E-state index contributed by atoms with van der Waals surface area (Å²) in [4.78, 5) is 2.39. The van der Waals surface area contributed by atoms with Crippen LogP contribution in [-0.2, 0) is 0 Å². The summed E-state index contributed by atoms with van der Waals surface area (Å²) in [7, 11) is 0. The fourth-order valence-corrected chi connectivity index (χ4v) is 3.90.